The summed E-state index contributed by atoms with van der Waals surface area (Å²) in [5.41, 5.74) is 3.09. The van der Waals surface area contributed by atoms with E-state index in [4.69, 9.17) is 4.74 Å². The second-order valence-corrected chi connectivity index (χ2v) is 6.80. The second-order valence-electron chi connectivity index (χ2n) is 5.71. The highest BCUT2D eigenvalue weighted by molar-refractivity contribution is 7.11. The number of rotatable bonds is 4. The van der Waals surface area contributed by atoms with Gasteiger partial charge >= 0.3 is 0 Å². The number of fused-ring (bicyclic) bond motifs is 1. The van der Waals surface area contributed by atoms with Crippen LogP contribution < -0.4 is 4.74 Å². The molecule has 3 rings (SSSR count). The summed E-state index contributed by atoms with van der Waals surface area (Å²) < 4.78 is 6.03. The zero-order chi connectivity index (χ0) is 15.7. The predicted molar refractivity (Wildman–Crippen MR) is 89.5 cm³/mol. The Bertz CT molecular complexity index is 811. The molecule has 0 unspecified atom stereocenters. The van der Waals surface area contributed by atoms with Crippen molar-refractivity contribution in [2.24, 2.45) is 0 Å². The van der Waals surface area contributed by atoms with Crippen molar-refractivity contribution in [1.29, 1.82) is 0 Å². The van der Waals surface area contributed by atoms with Crippen LogP contribution in [0.4, 0.5) is 0 Å². The third-order valence-electron chi connectivity index (χ3n) is 3.46. The zero-order valence-electron chi connectivity index (χ0n) is 13.3. The van der Waals surface area contributed by atoms with Crippen molar-refractivity contribution in [3.8, 4) is 5.75 Å². The summed E-state index contributed by atoms with van der Waals surface area (Å²) in [4.78, 5) is 4.57. The number of hydrogen-bond acceptors (Lipinski definition) is 5. The van der Waals surface area contributed by atoms with Gasteiger partial charge in [0.15, 0.2) is 5.01 Å². The van der Waals surface area contributed by atoms with E-state index in [1.165, 1.54) is 5.56 Å². The van der Waals surface area contributed by atoms with Gasteiger partial charge in [-0.2, -0.15) is 0 Å². The van der Waals surface area contributed by atoms with E-state index >= 15 is 0 Å². The lowest BCUT2D eigenvalue weighted by Gasteiger charge is -2.11. The van der Waals surface area contributed by atoms with Crippen LogP contribution in [-0.4, -0.2) is 15.2 Å². The molecule has 0 fully saturated rings. The summed E-state index contributed by atoms with van der Waals surface area (Å²) in [5, 5.41) is 11.4. The SMILES string of the molecule is Cc1cc(OCc2nnc(C(C)C)s2)c2c(C)cccc2n1. The predicted octanol–water partition coefficient (Wildman–Crippen LogP) is 4.41. The van der Waals surface area contributed by atoms with E-state index in [9.17, 15) is 0 Å². The molecule has 0 spiro atoms. The number of benzene rings is 1. The first-order valence-electron chi connectivity index (χ1n) is 7.36. The highest BCUT2D eigenvalue weighted by Crippen LogP contribution is 2.29. The lowest BCUT2D eigenvalue weighted by atomic mass is 10.1. The third-order valence-corrected chi connectivity index (χ3v) is 4.66. The molecule has 114 valence electrons. The van der Waals surface area contributed by atoms with Gasteiger partial charge in [0.25, 0.3) is 0 Å². The van der Waals surface area contributed by atoms with Crippen LogP contribution in [0.3, 0.4) is 0 Å². The monoisotopic (exact) mass is 313 g/mol. The van der Waals surface area contributed by atoms with Crippen molar-refractivity contribution >= 4 is 22.2 Å². The third kappa shape index (κ3) is 2.95. The molecule has 2 aromatic heterocycles. The van der Waals surface area contributed by atoms with Gasteiger partial charge in [-0.1, -0.05) is 37.3 Å². The van der Waals surface area contributed by atoms with Crippen molar-refractivity contribution in [3.63, 3.8) is 0 Å². The van der Waals surface area contributed by atoms with Gasteiger partial charge in [-0.15, -0.1) is 10.2 Å². The van der Waals surface area contributed by atoms with E-state index in [1.54, 1.807) is 11.3 Å². The maximum atomic E-state index is 6.03. The van der Waals surface area contributed by atoms with Gasteiger partial charge in [0.05, 0.1) is 5.52 Å². The lowest BCUT2D eigenvalue weighted by molar-refractivity contribution is 0.308. The Kier molecular flexibility index (Phi) is 4.07. The Morgan fingerprint density at radius 1 is 1.18 bits per heavy atom. The quantitative estimate of drug-likeness (QED) is 0.716. The summed E-state index contributed by atoms with van der Waals surface area (Å²) >= 11 is 1.61. The molecular weight excluding hydrogens is 294 g/mol. The van der Waals surface area contributed by atoms with Gasteiger partial charge in [-0.3, -0.25) is 4.98 Å². The van der Waals surface area contributed by atoms with Crippen LogP contribution in [0, 0.1) is 13.8 Å². The molecule has 0 aliphatic heterocycles. The van der Waals surface area contributed by atoms with Gasteiger partial charge in [-0.05, 0) is 25.5 Å². The van der Waals surface area contributed by atoms with Crippen molar-refractivity contribution in [2.75, 3.05) is 0 Å². The first-order chi connectivity index (χ1) is 10.5. The summed E-state index contributed by atoms with van der Waals surface area (Å²) in [6.45, 7) is 8.74. The molecule has 0 saturated carbocycles. The molecule has 5 heteroatoms. The Morgan fingerprint density at radius 2 is 2.00 bits per heavy atom. The fourth-order valence-electron chi connectivity index (χ4n) is 2.36. The minimum absolute atomic E-state index is 0.400. The van der Waals surface area contributed by atoms with Crippen LogP contribution in [0.15, 0.2) is 24.3 Å². The number of pyridine rings is 1. The molecule has 0 amide bonds. The molecular formula is C17H19N3OS. The molecule has 0 aliphatic rings. The van der Waals surface area contributed by atoms with Crippen molar-refractivity contribution in [2.45, 2.75) is 40.2 Å². The molecule has 1 aromatic carbocycles. The number of ether oxygens (including phenoxy) is 1. The van der Waals surface area contributed by atoms with E-state index in [0.717, 1.165) is 32.4 Å². The first kappa shape index (κ1) is 14.9. The molecule has 0 saturated heterocycles. The zero-order valence-corrected chi connectivity index (χ0v) is 14.1. The molecule has 3 aromatic rings. The van der Waals surface area contributed by atoms with Gasteiger partial charge in [0.2, 0.25) is 0 Å². The highest BCUT2D eigenvalue weighted by Gasteiger charge is 2.11. The van der Waals surface area contributed by atoms with Crippen LogP contribution in [0.5, 0.6) is 5.75 Å². The summed E-state index contributed by atoms with van der Waals surface area (Å²) in [7, 11) is 0. The maximum Gasteiger partial charge on any atom is 0.155 e. The van der Waals surface area contributed by atoms with Gasteiger partial charge in [0, 0.05) is 23.1 Å². The molecule has 4 nitrogen and oxygen atoms in total. The van der Waals surface area contributed by atoms with Crippen LogP contribution in [0.25, 0.3) is 10.9 Å². The first-order valence-corrected chi connectivity index (χ1v) is 8.18. The van der Waals surface area contributed by atoms with E-state index in [1.807, 2.05) is 25.1 Å². The molecule has 0 radical (unpaired) electrons. The normalized spacial score (nSPS) is 11.3. The van der Waals surface area contributed by atoms with E-state index in [2.05, 4.69) is 42.0 Å². The molecule has 2 heterocycles. The van der Waals surface area contributed by atoms with Gasteiger partial charge in [-0.25, -0.2) is 0 Å². The highest BCUT2D eigenvalue weighted by atomic mass is 32.1. The van der Waals surface area contributed by atoms with Gasteiger partial charge < -0.3 is 4.74 Å². The van der Waals surface area contributed by atoms with Crippen LogP contribution in [0.2, 0.25) is 0 Å². The van der Waals surface area contributed by atoms with Crippen LogP contribution in [0.1, 0.15) is 41.0 Å². The fourth-order valence-corrected chi connectivity index (χ4v) is 3.12. The average Bonchev–Trinajstić information content (AvgIpc) is 2.93. The fraction of sp³-hybridized carbons (Fsp3) is 0.353. The molecule has 0 bridgehead atoms. The Labute approximate surface area is 134 Å². The number of aromatic nitrogens is 3. The van der Waals surface area contributed by atoms with Crippen molar-refractivity contribution < 1.29 is 4.74 Å². The average molecular weight is 313 g/mol. The lowest BCUT2D eigenvalue weighted by Crippen LogP contribution is -1.98. The Balaban J connectivity index is 1.90. The van der Waals surface area contributed by atoms with E-state index in [-0.39, 0.29) is 0 Å². The van der Waals surface area contributed by atoms with Crippen LogP contribution in [-0.2, 0) is 6.61 Å². The molecule has 22 heavy (non-hydrogen) atoms. The van der Waals surface area contributed by atoms with Crippen molar-refractivity contribution in [3.05, 3.63) is 45.5 Å². The molecule has 0 atom stereocenters. The van der Waals surface area contributed by atoms with Gasteiger partial charge in [0.1, 0.15) is 17.4 Å². The Morgan fingerprint density at radius 3 is 2.73 bits per heavy atom. The van der Waals surface area contributed by atoms with Crippen molar-refractivity contribution in [1.82, 2.24) is 15.2 Å². The topological polar surface area (TPSA) is 47.9 Å². The number of hydrogen-bond donors (Lipinski definition) is 0. The smallest absolute Gasteiger partial charge is 0.155 e. The largest absolute Gasteiger partial charge is 0.486 e. The standard InChI is InChI=1S/C17H19N3OS/c1-10(2)17-20-19-15(22-17)9-21-14-8-12(4)18-13-7-5-6-11(3)16(13)14/h5-8,10H,9H2,1-4H3. The minimum atomic E-state index is 0.400. The summed E-state index contributed by atoms with van der Waals surface area (Å²) in [6.07, 6.45) is 0. The van der Waals surface area contributed by atoms with E-state index < -0.39 is 0 Å². The second kappa shape index (κ2) is 6.01. The summed E-state index contributed by atoms with van der Waals surface area (Å²) in [5.74, 6) is 1.26. The van der Waals surface area contributed by atoms with Crippen LogP contribution >= 0.6 is 11.3 Å². The number of aryl methyl sites for hydroxylation is 2. The maximum absolute atomic E-state index is 6.03. The van der Waals surface area contributed by atoms with E-state index in [0.29, 0.717) is 12.5 Å². The minimum Gasteiger partial charge on any atom is -0.486 e. The summed E-state index contributed by atoms with van der Waals surface area (Å²) in [6, 6.07) is 8.10. The molecule has 0 N–H and O–H groups in total. The molecule has 0 aliphatic carbocycles. The number of nitrogens with zero attached hydrogens (tertiary/aromatic N) is 3. The Hall–Kier alpha value is -2.01.